The van der Waals surface area contributed by atoms with Gasteiger partial charge in [0, 0.05) is 19.3 Å². The number of rotatable bonds is 7. The molecule has 102 valence electrons. The van der Waals surface area contributed by atoms with Crippen molar-refractivity contribution in [3.8, 4) is 0 Å². The van der Waals surface area contributed by atoms with Gasteiger partial charge < -0.3 is 15.0 Å². The van der Waals surface area contributed by atoms with Crippen LogP contribution in [0.4, 0.5) is 0 Å². The molecule has 3 nitrogen and oxygen atoms in total. The van der Waals surface area contributed by atoms with Gasteiger partial charge in [-0.2, -0.15) is 0 Å². The number of nitrogens with one attached hydrogen (secondary N) is 1. The van der Waals surface area contributed by atoms with Gasteiger partial charge in [-0.3, -0.25) is 0 Å². The Morgan fingerprint density at radius 2 is 2.12 bits per heavy atom. The molecule has 0 bridgehead atoms. The highest BCUT2D eigenvalue weighted by atomic mass is 16.5. The van der Waals surface area contributed by atoms with Crippen LogP contribution in [0.5, 0.6) is 0 Å². The van der Waals surface area contributed by atoms with Crippen LogP contribution in [0.2, 0.25) is 0 Å². The Bertz CT molecular complexity index is 185. The van der Waals surface area contributed by atoms with Crippen LogP contribution < -0.4 is 5.32 Å². The molecule has 0 amide bonds. The molecule has 1 saturated heterocycles. The van der Waals surface area contributed by atoms with Crippen molar-refractivity contribution in [1.82, 2.24) is 10.2 Å². The fraction of sp³-hybridized carbons (Fsp3) is 1.00. The summed E-state index contributed by atoms with van der Waals surface area (Å²) >= 11 is 0. The summed E-state index contributed by atoms with van der Waals surface area (Å²) in [7, 11) is 2.22. The average molecular weight is 242 g/mol. The van der Waals surface area contributed by atoms with Crippen molar-refractivity contribution >= 4 is 0 Å². The van der Waals surface area contributed by atoms with Crippen molar-refractivity contribution in [3.63, 3.8) is 0 Å². The first kappa shape index (κ1) is 14.9. The second-order valence-electron chi connectivity index (χ2n) is 5.71. The zero-order chi connectivity index (χ0) is 12.5. The lowest BCUT2D eigenvalue weighted by Crippen LogP contribution is -2.31. The average Bonchev–Trinajstić information content (AvgIpc) is 2.48. The highest BCUT2D eigenvalue weighted by Gasteiger charge is 2.13. The Hall–Kier alpha value is -0.120. The third-order valence-electron chi connectivity index (χ3n) is 3.30. The molecule has 1 atom stereocenters. The molecule has 1 aliphatic rings. The van der Waals surface area contributed by atoms with Gasteiger partial charge in [-0.25, -0.2) is 0 Å². The Morgan fingerprint density at radius 1 is 1.29 bits per heavy atom. The monoisotopic (exact) mass is 242 g/mol. The molecule has 1 rings (SSSR count). The van der Waals surface area contributed by atoms with Gasteiger partial charge in [-0.15, -0.1) is 0 Å². The van der Waals surface area contributed by atoms with Crippen molar-refractivity contribution in [1.29, 1.82) is 0 Å². The lowest BCUT2D eigenvalue weighted by molar-refractivity contribution is 0.107. The minimum Gasteiger partial charge on any atom is -0.381 e. The third-order valence-corrected chi connectivity index (χ3v) is 3.30. The molecule has 3 heteroatoms. The van der Waals surface area contributed by atoms with E-state index in [2.05, 4.69) is 31.1 Å². The minimum absolute atomic E-state index is 0.653. The van der Waals surface area contributed by atoms with E-state index in [0.717, 1.165) is 32.2 Å². The maximum Gasteiger partial charge on any atom is 0.0489 e. The molecule has 0 saturated carbocycles. The Balaban J connectivity index is 1.95. The SMILES string of the molecule is CC(C)COCCCNC1CCCN(C)CC1. The van der Waals surface area contributed by atoms with E-state index in [0.29, 0.717) is 5.92 Å². The molecule has 0 radical (unpaired) electrons. The molecule has 1 unspecified atom stereocenters. The first-order valence-corrected chi connectivity index (χ1v) is 7.18. The third kappa shape index (κ3) is 7.74. The van der Waals surface area contributed by atoms with Crippen LogP contribution in [0, 0.1) is 5.92 Å². The van der Waals surface area contributed by atoms with Crippen molar-refractivity contribution in [3.05, 3.63) is 0 Å². The Morgan fingerprint density at radius 3 is 2.88 bits per heavy atom. The Labute approximate surface area is 107 Å². The zero-order valence-electron chi connectivity index (χ0n) is 11.9. The van der Waals surface area contributed by atoms with E-state index in [9.17, 15) is 0 Å². The second-order valence-corrected chi connectivity index (χ2v) is 5.71. The first-order chi connectivity index (χ1) is 8.18. The summed E-state index contributed by atoms with van der Waals surface area (Å²) in [6.07, 6.45) is 5.09. The van der Waals surface area contributed by atoms with Gasteiger partial charge in [0.25, 0.3) is 0 Å². The molecule has 1 N–H and O–H groups in total. The molecule has 0 spiro atoms. The predicted molar refractivity (Wildman–Crippen MR) is 73.4 cm³/mol. The predicted octanol–water partition coefficient (Wildman–Crippen LogP) is 2.12. The van der Waals surface area contributed by atoms with Gasteiger partial charge in [-0.05, 0) is 58.3 Å². The van der Waals surface area contributed by atoms with Crippen LogP contribution in [0.15, 0.2) is 0 Å². The highest BCUT2D eigenvalue weighted by molar-refractivity contribution is 4.73. The van der Waals surface area contributed by atoms with Crippen LogP contribution in [0.25, 0.3) is 0 Å². The van der Waals surface area contributed by atoms with Crippen LogP contribution >= 0.6 is 0 Å². The molecule has 0 aromatic heterocycles. The van der Waals surface area contributed by atoms with Crippen molar-refractivity contribution in [2.45, 2.75) is 45.6 Å². The minimum atomic E-state index is 0.653. The molecule has 1 heterocycles. The summed E-state index contributed by atoms with van der Waals surface area (Å²) in [6, 6.07) is 0.727. The molecule has 17 heavy (non-hydrogen) atoms. The van der Waals surface area contributed by atoms with E-state index in [-0.39, 0.29) is 0 Å². The van der Waals surface area contributed by atoms with E-state index in [1.807, 2.05) is 0 Å². The molecule has 1 fully saturated rings. The van der Waals surface area contributed by atoms with Crippen LogP contribution in [-0.4, -0.2) is 50.8 Å². The molecule has 0 aromatic rings. The summed E-state index contributed by atoms with van der Waals surface area (Å²) in [5.74, 6) is 0.653. The topological polar surface area (TPSA) is 24.5 Å². The van der Waals surface area contributed by atoms with Crippen LogP contribution in [0.1, 0.15) is 39.5 Å². The summed E-state index contributed by atoms with van der Waals surface area (Å²) in [4.78, 5) is 2.44. The van der Waals surface area contributed by atoms with E-state index in [1.54, 1.807) is 0 Å². The summed E-state index contributed by atoms with van der Waals surface area (Å²) in [5.41, 5.74) is 0. The van der Waals surface area contributed by atoms with Gasteiger partial charge >= 0.3 is 0 Å². The summed E-state index contributed by atoms with van der Waals surface area (Å²) < 4.78 is 5.58. The number of nitrogens with zero attached hydrogens (tertiary/aromatic N) is 1. The zero-order valence-corrected chi connectivity index (χ0v) is 11.9. The number of hydrogen-bond donors (Lipinski definition) is 1. The fourth-order valence-electron chi connectivity index (χ4n) is 2.24. The highest BCUT2D eigenvalue weighted by Crippen LogP contribution is 2.09. The quantitative estimate of drug-likeness (QED) is 0.692. The van der Waals surface area contributed by atoms with Gasteiger partial charge in [-0.1, -0.05) is 13.8 Å². The molecule has 1 aliphatic heterocycles. The molecular weight excluding hydrogens is 212 g/mol. The lowest BCUT2D eigenvalue weighted by Gasteiger charge is -2.16. The summed E-state index contributed by atoms with van der Waals surface area (Å²) in [6.45, 7) is 9.79. The van der Waals surface area contributed by atoms with E-state index < -0.39 is 0 Å². The van der Waals surface area contributed by atoms with Gasteiger partial charge in [0.1, 0.15) is 0 Å². The maximum atomic E-state index is 5.58. The van der Waals surface area contributed by atoms with E-state index in [4.69, 9.17) is 4.74 Å². The molecule has 0 aliphatic carbocycles. The standard InChI is InChI=1S/C14H30N2O/c1-13(2)12-17-11-5-8-15-14-6-4-9-16(3)10-7-14/h13-15H,4-12H2,1-3H3. The first-order valence-electron chi connectivity index (χ1n) is 7.18. The Kier molecular flexibility index (Phi) is 7.82. The maximum absolute atomic E-state index is 5.58. The van der Waals surface area contributed by atoms with E-state index in [1.165, 1.54) is 32.4 Å². The summed E-state index contributed by atoms with van der Waals surface area (Å²) in [5, 5.41) is 3.66. The largest absolute Gasteiger partial charge is 0.381 e. The molecule has 0 aromatic carbocycles. The van der Waals surface area contributed by atoms with Gasteiger partial charge in [0.2, 0.25) is 0 Å². The van der Waals surface area contributed by atoms with Crippen LogP contribution in [0.3, 0.4) is 0 Å². The van der Waals surface area contributed by atoms with E-state index >= 15 is 0 Å². The van der Waals surface area contributed by atoms with Crippen LogP contribution in [-0.2, 0) is 4.74 Å². The number of ether oxygens (including phenoxy) is 1. The van der Waals surface area contributed by atoms with Crippen molar-refractivity contribution in [2.24, 2.45) is 5.92 Å². The molecular formula is C14H30N2O. The van der Waals surface area contributed by atoms with Crippen molar-refractivity contribution < 1.29 is 4.74 Å². The normalized spacial score (nSPS) is 22.9. The smallest absolute Gasteiger partial charge is 0.0489 e. The fourth-order valence-corrected chi connectivity index (χ4v) is 2.24. The second kappa shape index (κ2) is 8.90. The number of hydrogen-bond acceptors (Lipinski definition) is 3. The number of likely N-dealkylation sites (tertiary alicyclic amines) is 1. The van der Waals surface area contributed by atoms with Gasteiger partial charge in [0.05, 0.1) is 0 Å². The van der Waals surface area contributed by atoms with Crippen molar-refractivity contribution in [2.75, 3.05) is 39.9 Å². The lowest BCUT2D eigenvalue weighted by atomic mass is 10.1. The van der Waals surface area contributed by atoms with Gasteiger partial charge in [0.15, 0.2) is 0 Å².